The fourth-order valence-electron chi connectivity index (χ4n) is 3.17. The molecule has 1 aromatic carbocycles. The Bertz CT molecular complexity index is 675. The second kappa shape index (κ2) is 5.90. The molecular formula is C19H24O6. The third kappa shape index (κ3) is 3.10. The van der Waals surface area contributed by atoms with Gasteiger partial charge in [0, 0.05) is 5.41 Å². The molecule has 25 heavy (non-hydrogen) atoms. The Morgan fingerprint density at radius 1 is 1.12 bits per heavy atom. The van der Waals surface area contributed by atoms with E-state index in [4.69, 9.17) is 18.9 Å². The summed E-state index contributed by atoms with van der Waals surface area (Å²) < 4.78 is 22.8. The number of rotatable bonds is 3. The third-order valence-corrected chi connectivity index (χ3v) is 4.66. The van der Waals surface area contributed by atoms with Crippen molar-refractivity contribution in [2.24, 2.45) is 5.41 Å². The van der Waals surface area contributed by atoms with Crippen molar-refractivity contribution in [2.75, 3.05) is 6.61 Å². The molecule has 0 aromatic heterocycles. The molecule has 0 spiro atoms. The monoisotopic (exact) mass is 348 g/mol. The van der Waals surface area contributed by atoms with Gasteiger partial charge in [0.15, 0.2) is 23.8 Å². The molecule has 3 atom stereocenters. The fourth-order valence-corrected chi connectivity index (χ4v) is 3.17. The predicted octanol–water partition coefficient (Wildman–Crippen LogP) is 2.71. The van der Waals surface area contributed by atoms with Crippen molar-refractivity contribution in [3.8, 4) is 0 Å². The van der Waals surface area contributed by atoms with Crippen LogP contribution in [0.2, 0.25) is 0 Å². The van der Waals surface area contributed by atoms with Crippen LogP contribution in [0.25, 0.3) is 0 Å². The van der Waals surface area contributed by atoms with Crippen molar-refractivity contribution >= 4 is 11.8 Å². The van der Waals surface area contributed by atoms with Crippen molar-refractivity contribution in [2.45, 2.75) is 58.4 Å². The number of benzene rings is 1. The first kappa shape index (κ1) is 18.0. The molecule has 0 aliphatic carbocycles. The molecule has 1 aromatic rings. The van der Waals surface area contributed by atoms with E-state index in [9.17, 15) is 9.59 Å². The van der Waals surface area contributed by atoms with E-state index < -0.39 is 35.2 Å². The van der Waals surface area contributed by atoms with Gasteiger partial charge >= 0.3 is 5.97 Å². The Kier molecular flexibility index (Phi) is 4.26. The molecule has 6 nitrogen and oxygen atoms in total. The van der Waals surface area contributed by atoms with Crippen LogP contribution in [0.15, 0.2) is 30.3 Å². The van der Waals surface area contributed by atoms with E-state index in [1.165, 1.54) is 0 Å². The van der Waals surface area contributed by atoms with Gasteiger partial charge in [0.25, 0.3) is 0 Å². The minimum absolute atomic E-state index is 0.191. The van der Waals surface area contributed by atoms with E-state index in [2.05, 4.69) is 0 Å². The molecule has 0 amide bonds. The maximum Gasteiger partial charge on any atom is 0.338 e. The van der Waals surface area contributed by atoms with Gasteiger partial charge in [-0.3, -0.25) is 4.79 Å². The smallest absolute Gasteiger partial charge is 0.338 e. The van der Waals surface area contributed by atoms with Crippen molar-refractivity contribution < 1.29 is 28.5 Å². The molecule has 0 saturated carbocycles. The van der Waals surface area contributed by atoms with Gasteiger partial charge in [-0.25, -0.2) is 4.79 Å². The van der Waals surface area contributed by atoms with Gasteiger partial charge < -0.3 is 18.9 Å². The van der Waals surface area contributed by atoms with Crippen molar-refractivity contribution in [3.05, 3.63) is 35.9 Å². The summed E-state index contributed by atoms with van der Waals surface area (Å²) in [6, 6.07) is 8.64. The average Bonchev–Trinajstić information content (AvgIpc) is 2.96. The van der Waals surface area contributed by atoms with Crippen molar-refractivity contribution in [1.29, 1.82) is 0 Å². The summed E-state index contributed by atoms with van der Waals surface area (Å²) in [6.07, 6.45) is -1.61. The number of carbonyl (C=O) groups is 2. The summed E-state index contributed by atoms with van der Waals surface area (Å²) >= 11 is 0. The molecule has 3 unspecified atom stereocenters. The van der Waals surface area contributed by atoms with E-state index >= 15 is 0 Å². The van der Waals surface area contributed by atoms with Gasteiger partial charge in [0.2, 0.25) is 5.78 Å². The lowest BCUT2D eigenvalue weighted by Gasteiger charge is -2.39. The molecule has 2 aliphatic rings. The Morgan fingerprint density at radius 2 is 1.76 bits per heavy atom. The van der Waals surface area contributed by atoms with Gasteiger partial charge in [-0.1, -0.05) is 39.0 Å². The largest absolute Gasteiger partial charge is 0.458 e. The van der Waals surface area contributed by atoms with Gasteiger partial charge in [-0.05, 0) is 26.0 Å². The lowest BCUT2D eigenvalue weighted by atomic mass is 9.74. The first-order valence-electron chi connectivity index (χ1n) is 8.36. The van der Waals surface area contributed by atoms with Crippen LogP contribution < -0.4 is 0 Å². The van der Waals surface area contributed by atoms with Crippen LogP contribution in [0.4, 0.5) is 0 Å². The fraction of sp³-hybridized carbons (Fsp3) is 0.579. The van der Waals surface area contributed by atoms with Crippen molar-refractivity contribution in [1.82, 2.24) is 0 Å². The first-order valence-corrected chi connectivity index (χ1v) is 8.36. The Balaban J connectivity index is 1.80. The zero-order valence-electron chi connectivity index (χ0n) is 15.2. The lowest BCUT2D eigenvalue weighted by molar-refractivity contribution is -0.244. The number of hydrogen-bond acceptors (Lipinski definition) is 6. The summed E-state index contributed by atoms with van der Waals surface area (Å²) in [5.74, 6) is -1.63. The number of ketones is 1. The van der Waals surface area contributed by atoms with Gasteiger partial charge in [-0.2, -0.15) is 0 Å². The van der Waals surface area contributed by atoms with E-state index in [0.29, 0.717) is 5.56 Å². The minimum Gasteiger partial charge on any atom is -0.458 e. The Hall–Kier alpha value is -1.76. The molecular weight excluding hydrogens is 324 g/mol. The first-order chi connectivity index (χ1) is 11.6. The maximum absolute atomic E-state index is 13.1. The Labute approximate surface area is 147 Å². The molecule has 0 N–H and O–H groups in total. The number of carbonyl (C=O) groups excluding carboxylic acids is 2. The second-order valence-electron chi connectivity index (χ2n) is 7.93. The molecule has 0 radical (unpaired) electrons. The molecule has 2 fully saturated rings. The van der Waals surface area contributed by atoms with Crippen LogP contribution in [-0.2, 0) is 23.7 Å². The van der Waals surface area contributed by atoms with Crippen molar-refractivity contribution in [3.63, 3.8) is 0 Å². The van der Waals surface area contributed by atoms with Crippen LogP contribution in [-0.4, -0.2) is 42.1 Å². The molecule has 2 heterocycles. The highest BCUT2D eigenvalue weighted by molar-refractivity contribution is 5.95. The lowest BCUT2D eigenvalue weighted by Crippen LogP contribution is -2.55. The van der Waals surface area contributed by atoms with Crippen LogP contribution >= 0.6 is 0 Å². The van der Waals surface area contributed by atoms with Crippen LogP contribution in [0.1, 0.15) is 45.0 Å². The van der Waals surface area contributed by atoms with Crippen LogP contribution in [0.5, 0.6) is 0 Å². The van der Waals surface area contributed by atoms with E-state index in [1.807, 2.05) is 26.8 Å². The molecule has 2 saturated heterocycles. The standard InChI is InChI=1S/C19H24O6/c1-17(2,3)19(11-22-15(21)12-9-7-6-8-10-12)14(20)13-16(25-19)24-18(4,5)23-13/h6-10,13,16H,11H2,1-5H3. The number of hydrogen-bond donors (Lipinski definition) is 0. The molecule has 3 rings (SSSR count). The summed E-state index contributed by atoms with van der Waals surface area (Å²) in [7, 11) is 0. The van der Waals surface area contributed by atoms with Crippen LogP contribution in [0.3, 0.4) is 0 Å². The van der Waals surface area contributed by atoms with Gasteiger partial charge in [0.1, 0.15) is 6.61 Å². The summed E-state index contributed by atoms with van der Waals surface area (Å²) in [5, 5.41) is 0. The zero-order chi connectivity index (χ0) is 18.5. The summed E-state index contributed by atoms with van der Waals surface area (Å²) in [4.78, 5) is 25.3. The quantitative estimate of drug-likeness (QED) is 0.782. The number of esters is 1. The highest BCUT2D eigenvalue weighted by Gasteiger charge is 2.66. The van der Waals surface area contributed by atoms with Gasteiger partial charge in [-0.15, -0.1) is 0 Å². The molecule has 6 heteroatoms. The van der Waals surface area contributed by atoms with Crippen LogP contribution in [0, 0.1) is 5.41 Å². The molecule has 0 bridgehead atoms. The van der Waals surface area contributed by atoms with Gasteiger partial charge in [0.05, 0.1) is 5.56 Å². The zero-order valence-corrected chi connectivity index (χ0v) is 15.2. The average molecular weight is 348 g/mol. The van der Waals surface area contributed by atoms with E-state index in [1.54, 1.807) is 38.1 Å². The molecule has 2 aliphatic heterocycles. The number of fused-ring (bicyclic) bond motifs is 1. The van der Waals surface area contributed by atoms with E-state index in [-0.39, 0.29) is 12.4 Å². The highest BCUT2D eigenvalue weighted by atomic mass is 16.8. The second-order valence-corrected chi connectivity index (χ2v) is 7.93. The topological polar surface area (TPSA) is 71.1 Å². The predicted molar refractivity (Wildman–Crippen MR) is 88.8 cm³/mol. The van der Waals surface area contributed by atoms with E-state index in [0.717, 1.165) is 0 Å². The number of Topliss-reactive ketones (excluding diaryl/α,β-unsaturated/α-hetero) is 1. The Morgan fingerprint density at radius 3 is 2.32 bits per heavy atom. The molecule has 136 valence electrons. The SMILES string of the molecule is CC1(C)OC2OC(COC(=O)c3ccccc3)(C(C)(C)C)C(=O)C2O1. The maximum atomic E-state index is 13.1. The normalized spacial score (nSPS) is 31.0. The summed E-state index contributed by atoms with van der Waals surface area (Å²) in [5.41, 5.74) is -1.50. The minimum atomic E-state index is -1.32. The summed E-state index contributed by atoms with van der Waals surface area (Å²) in [6.45, 7) is 8.88. The highest BCUT2D eigenvalue weighted by Crippen LogP contribution is 2.47. The third-order valence-electron chi connectivity index (χ3n) is 4.66. The number of ether oxygens (including phenoxy) is 4.